The number of rotatable bonds is 6. The van der Waals surface area contributed by atoms with Crippen LogP contribution in [0, 0.1) is 6.92 Å². The Morgan fingerprint density at radius 3 is 2.44 bits per heavy atom. The number of ketones is 1. The second-order valence-corrected chi connectivity index (χ2v) is 5.63. The summed E-state index contributed by atoms with van der Waals surface area (Å²) in [6.45, 7) is 1.79. The molecule has 0 radical (unpaired) electrons. The molecule has 16 heavy (non-hydrogen) atoms. The molecule has 1 heterocycles. The van der Waals surface area contributed by atoms with E-state index in [0.717, 1.165) is 5.76 Å². The number of aryl methyl sites for hydroxylation is 1. The van der Waals surface area contributed by atoms with Crippen molar-refractivity contribution in [1.29, 1.82) is 0 Å². The third kappa shape index (κ3) is 3.59. The first-order valence-corrected chi connectivity index (χ1v) is 6.49. The fourth-order valence-corrected chi connectivity index (χ4v) is 2.20. The molecule has 0 atom stereocenters. The van der Waals surface area contributed by atoms with Crippen molar-refractivity contribution in [3.05, 3.63) is 23.7 Å². The van der Waals surface area contributed by atoms with Crippen molar-refractivity contribution in [3.8, 4) is 0 Å². The Labute approximate surface area is 94.3 Å². The van der Waals surface area contributed by atoms with E-state index in [1.54, 1.807) is 19.1 Å². The highest BCUT2D eigenvalue weighted by Crippen LogP contribution is 2.46. The lowest BCUT2D eigenvalue weighted by Gasteiger charge is -2.11. The first-order valence-electron chi connectivity index (χ1n) is 4.76. The van der Waals surface area contributed by atoms with Crippen LogP contribution < -0.4 is 0 Å². The Hall–Kier alpha value is -0.900. The predicted octanol–water partition coefficient (Wildman–Crippen LogP) is 2.19. The van der Waals surface area contributed by atoms with Gasteiger partial charge in [0.25, 0.3) is 0 Å². The van der Waals surface area contributed by atoms with Crippen LogP contribution in [-0.2, 0) is 24.8 Å². The highest BCUT2D eigenvalue weighted by molar-refractivity contribution is 7.54. The monoisotopic (exact) mass is 246 g/mol. The number of hydrogen-bond donors (Lipinski definition) is 0. The molecule has 0 N–H and O–H groups in total. The van der Waals surface area contributed by atoms with Crippen LogP contribution in [0.5, 0.6) is 0 Å². The van der Waals surface area contributed by atoms with Crippen molar-refractivity contribution in [1.82, 2.24) is 0 Å². The molecule has 0 aliphatic heterocycles. The smallest absolute Gasteiger partial charge is 0.337 e. The Bertz CT molecular complexity index is 401. The van der Waals surface area contributed by atoms with Crippen LogP contribution >= 0.6 is 7.60 Å². The third-order valence-corrected chi connectivity index (χ3v) is 3.95. The van der Waals surface area contributed by atoms with Gasteiger partial charge in [0.1, 0.15) is 17.7 Å². The molecule has 1 aromatic heterocycles. The lowest BCUT2D eigenvalue weighted by atomic mass is 10.2. The molecule has 1 rings (SSSR count). The molecular formula is C10H15O5P. The summed E-state index contributed by atoms with van der Waals surface area (Å²) in [4.78, 5) is 11.6. The van der Waals surface area contributed by atoms with Crippen molar-refractivity contribution < 1.29 is 22.8 Å². The Morgan fingerprint density at radius 1 is 1.38 bits per heavy atom. The highest BCUT2D eigenvalue weighted by atomic mass is 31.2. The molecule has 6 heteroatoms. The van der Waals surface area contributed by atoms with Gasteiger partial charge in [-0.3, -0.25) is 9.36 Å². The fraction of sp³-hybridized carbons (Fsp3) is 0.500. The summed E-state index contributed by atoms with van der Waals surface area (Å²) in [5.41, 5.74) is 0. The Morgan fingerprint density at radius 2 is 2.00 bits per heavy atom. The van der Waals surface area contributed by atoms with E-state index >= 15 is 0 Å². The van der Waals surface area contributed by atoms with Gasteiger partial charge in [-0.15, -0.1) is 0 Å². The van der Waals surface area contributed by atoms with Crippen LogP contribution in [0.1, 0.15) is 11.5 Å². The van der Waals surface area contributed by atoms with E-state index in [1.165, 1.54) is 14.2 Å². The minimum atomic E-state index is -3.26. The normalized spacial score (nSPS) is 11.7. The van der Waals surface area contributed by atoms with Crippen molar-refractivity contribution in [2.45, 2.75) is 13.3 Å². The molecule has 0 fully saturated rings. The molecule has 0 aliphatic rings. The minimum Gasteiger partial charge on any atom is -0.466 e. The van der Waals surface area contributed by atoms with Gasteiger partial charge in [-0.2, -0.15) is 0 Å². The van der Waals surface area contributed by atoms with Crippen LogP contribution in [-0.4, -0.2) is 26.2 Å². The first kappa shape index (κ1) is 13.2. The van der Waals surface area contributed by atoms with Gasteiger partial charge in [-0.1, -0.05) is 0 Å². The van der Waals surface area contributed by atoms with Crippen LogP contribution in [0.25, 0.3) is 0 Å². The third-order valence-electron chi connectivity index (χ3n) is 2.09. The topological polar surface area (TPSA) is 65.7 Å². The summed E-state index contributed by atoms with van der Waals surface area (Å²) in [6.07, 6.45) is -0.135. The number of carbonyl (C=O) groups excluding carboxylic acids is 1. The second-order valence-electron chi connectivity index (χ2n) is 3.36. The lowest BCUT2D eigenvalue weighted by Crippen LogP contribution is -2.10. The Balaban J connectivity index is 2.57. The largest absolute Gasteiger partial charge is 0.466 e. The van der Waals surface area contributed by atoms with E-state index in [0.29, 0.717) is 5.76 Å². The van der Waals surface area contributed by atoms with Gasteiger partial charge in [-0.05, 0) is 19.1 Å². The quantitative estimate of drug-likeness (QED) is 0.720. The fourth-order valence-electron chi connectivity index (χ4n) is 1.25. The molecule has 0 spiro atoms. The molecule has 0 bridgehead atoms. The van der Waals surface area contributed by atoms with Gasteiger partial charge >= 0.3 is 7.60 Å². The average Bonchev–Trinajstić information content (AvgIpc) is 2.63. The second kappa shape index (κ2) is 5.43. The number of carbonyl (C=O) groups is 1. The molecule has 0 amide bonds. The number of Topliss-reactive ketones (excluding diaryl/α,β-unsaturated/α-hetero) is 1. The van der Waals surface area contributed by atoms with E-state index in [-0.39, 0.29) is 18.4 Å². The van der Waals surface area contributed by atoms with Crippen molar-refractivity contribution >= 4 is 13.4 Å². The average molecular weight is 246 g/mol. The van der Waals surface area contributed by atoms with Gasteiger partial charge in [0.2, 0.25) is 0 Å². The molecule has 0 saturated heterocycles. The van der Waals surface area contributed by atoms with Gasteiger partial charge in [0, 0.05) is 14.2 Å². The summed E-state index contributed by atoms with van der Waals surface area (Å²) in [7, 11) is -0.742. The zero-order valence-corrected chi connectivity index (χ0v) is 10.5. The van der Waals surface area contributed by atoms with E-state index in [2.05, 4.69) is 9.05 Å². The maximum Gasteiger partial charge on any atom is 0.337 e. The minimum absolute atomic E-state index is 0.102. The lowest BCUT2D eigenvalue weighted by molar-refractivity contribution is -0.116. The molecule has 0 aromatic carbocycles. The molecule has 0 aliphatic carbocycles. The van der Waals surface area contributed by atoms with Gasteiger partial charge in [-0.25, -0.2) is 0 Å². The van der Waals surface area contributed by atoms with Crippen LogP contribution in [0.3, 0.4) is 0 Å². The van der Waals surface area contributed by atoms with E-state index in [4.69, 9.17) is 4.42 Å². The summed E-state index contributed by atoms with van der Waals surface area (Å²) in [5.74, 6) is 1.06. The zero-order chi connectivity index (χ0) is 12.2. The molecule has 1 aromatic rings. The summed E-state index contributed by atoms with van der Waals surface area (Å²) in [5, 5.41) is 0. The van der Waals surface area contributed by atoms with Gasteiger partial charge in [0.05, 0.1) is 6.42 Å². The SMILES string of the molecule is COP(=O)(CC(=O)Cc1ccc(C)o1)OC. The highest BCUT2D eigenvalue weighted by Gasteiger charge is 2.25. The maximum absolute atomic E-state index is 11.7. The van der Waals surface area contributed by atoms with Crippen LogP contribution in [0.4, 0.5) is 0 Å². The van der Waals surface area contributed by atoms with Gasteiger partial charge < -0.3 is 13.5 Å². The molecule has 5 nitrogen and oxygen atoms in total. The zero-order valence-electron chi connectivity index (χ0n) is 9.56. The summed E-state index contributed by atoms with van der Waals surface area (Å²) < 4.78 is 26.3. The van der Waals surface area contributed by atoms with Gasteiger partial charge in [0.15, 0.2) is 5.78 Å². The molecule has 90 valence electrons. The Kier molecular flexibility index (Phi) is 4.47. The van der Waals surface area contributed by atoms with Crippen molar-refractivity contribution in [2.24, 2.45) is 0 Å². The maximum atomic E-state index is 11.7. The summed E-state index contributed by atoms with van der Waals surface area (Å²) in [6, 6.07) is 3.49. The molecule has 0 saturated carbocycles. The van der Waals surface area contributed by atoms with Crippen molar-refractivity contribution in [2.75, 3.05) is 20.4 Å². The number of hydrogen-bond acceptors (Lipinski definition) is 5. The van der Waals surface area contributed by atoms with Crippen LogP contribution in [0.2, 0.25) is 0 Å². The van der Waals surface area contributed by atoms with Crippen molar-refractivity contribution in [3.63, 3.8) is 0 Å². The van der Waals surface area contributed by atoms with Crippen LogP contribution in [0.15, 0.2) is 16.5 Å². The summed E-state index contributed by atoms with van der Waals surface area (Å²) >= 11 is 0. The standard InChI is InChI=1S/C10H15O5P/c1-8-4-5-10(15-8)6-9(11)7-16(12,13-2)14-3/h4-5H,6-7H2,1-3H3. The number of furan rings is 1. The molecular weight excluding hydrogens is 231 g/mol. The first-order chi connectivity index (χ1) is 7.49. The van der Waals surface area contributed by atoms with E-state index in [9.17, 15) is 9.36 Å². The van der Waals surface area contributed by atoms with E-state index < -0.39 is 7.60 Å². The predicted molar refractivity (Wildman–Crippen MR) is 58.6 cm³/mol. The molecule has 0 unspecified atom stereocenters. The van der Waals surface area contributed by atoms with E-state index in [1.807, 2.05) is 0 Å².